The van der Waals surface area contributed by atoms with Crippen LogP contribution in [-0.4, -0.2) is 70.2 Å². The summed E-state index contributed by atoms with van der Waals surface area (Å²) in [7, 11) is 4.70. The Morgan fingerprint density at radius 1 is 1.14 bits per heavy atom. The van der Waals surface area contributed by atoms with Crippen molar-refractivity contribution in [2.45, 2.75) is 6.92 Å². The molecule has 2 atom stereocenters. The van der Waals surface area contributed by atoms with E-state index in [0.717, 1.165) is 6.54 Å². The number of carbonyl (C=O) groups is 2. The second kappa shape index (κ2) is 11.7. The molecule has 8 nitrogen and oxygen atoms in total. The van der Waals surface area contributed by atoms with Gasteiger partial charge in [0.2, 0.25) is 0 Å². The van der Waals surface area contributed by atoms with Gasteiger partial charge in [0.15, 0.2) is 5.96 Å². The zero-order valence-electron chi connectivity index (χ0n) is 16.7. The van der Waals surface area contributed by atoms with Crippen molar-refractivity contribution in [1.29, 1.82) is 0 Å². The summed E-state index contributed by atoms with van der Waals surface area (Å²) in [6.45, 7) is 4.32. The molecule has 1 heterocycles. The molecule has 2 rings (SSSR count). The number of likely N-dealkylation sites (tertiary alicyclic amines) is 1. The van der Waals surface area contributed by atoms with Crippen LogP contribution in [0.2, 0.25) is 0 Å². The molecule has 2 N–H and O–H groups in total. The molecule has 0 aromatic heterocycles. The summed E-state index contributed by atoms with van der Waals surface area (Å²) >= 11 is 0. The monoisotopic (exact) mass is 504 g/mol. The molecule has 2 unspecified atom stereocenters. The van der Waals surface area contributed by atoms with E-state index in [9.17, 15) is 9.59 Å². The van der Waals surface area contributed by atoms with Crippen molar-refractivity contribution in [1.82, 2.24) is 15.5 Å². The number of halogens is 1. The Bertz CT molecular complexity index is 681. The topological polar surface area (TPSA) is 92.3 Å². The molecule has 0 spiro atoms. The number of methoxy groups -OCH3 is 2. The Morgan fingerprint density at radius 2 is 1.79 bits per heavy atom. The normalized spacial score (nSPS) is 18.9. The van der Waals surface area contributed by atoms with Crippen LogP contribution in [0.25, 0.3) is 0 Å². The number of benzene rings is 1. The molecular formula is C19H29IN4O4. The third kappa shape index (κ3) is 6.25. The zero-order chi connectivity index (χ0) is 19.8. The highest BCUT2D eigenvalue weighted by Gasteiger charge is 2.36. The minimum atomic E-state index is -0.188. The van der Waals surface area contributed by atoms with E-state index in [-0.39, 0.29) is 47.7 Å². The Balaban J connectivity index is 0.00000392. The maximum Gasteiger partial charge on any atom is 0.310 e. The molecule has 1 aliphatic heterocycles. The number of guanidine groups is 1. The Hall–Kier alpha value is -2.04. The van der Waals surface area contributed by atoms with Crippen molar-refractivity contribution in [3.8, 4) is 5.75 Å². The number of hydrogen-bond donors (Lipinski definition) is 2. The summed E-state index contributed by atoms with van der Waals surface area (Å²) in [6.07, 6.45) is 0. The maximum atomic E-state index is 12.1. The number of hydrogen-bond acceptors (Lipinski definition) is 5. The predicted octanol–water partition coefficient (Wildman–Crippen LogP) is 1.36. The van der Waals surface area contributed by atoms with Crippen molar-refractivity contribution < 1.29 is 19.1 Å². The first kappa shape index (κ1) is 24.0. The summed E-state index contributed by atoms with van der Waals surface area (Å²) in [5, 5.41) is 6.09. The van der Waals surface area contributed by atoms with Gasteiger partial charge < -0.3 is 25.0 Å². The molecule has 1 aliphatic rings. The Labute approximate surface area is 183 Å². The van der Waals surface area contributed by atoms with Gasteiger partial charge in [0.25, 0.3) is 5.91 Å². The van der Waals surface area contributed by atoms with E-state index < -0.39 is 0 Å². The number of rotatable bonds is 6. The van der Waals surface area contributed by atoms with Crippen LogP contribution in [0.1, 0.15) is 17.3 Å². The van der Waals surface area contributed by atoms with Crippen LogP contribution in [-0.2, 0) is 9.53 Å². The lowest BCUT2D eigenvalue weighted by Crippen LogP contribution is -2.43. The van der Waals surface area contributed by atoms with Gasteiger partial charge in [0.1, 0.15) is 5.75 Å². The van der Waals surface area contributed by atoms with Crippen LogP contribution in [0.3, 0.4) is 0 Å². The van der Waals surface area contributed by atoms with Crippen molar-refractivity contribution in [3.05, 3.63) is 29.8 Å². The minimum absolute atomic E-state index is 0. The average Bonchev–Trinajstić information content (AvgIpc) is 3.08. The molecule has 1 fully saturated rings. The van der Waals surface area contributed by atoms with Crippen LogP contribution in [0.4, 0.5) is 0 Å². The molecule has 9 heteroatoms. The second-order valence-corrected chi connectivity index (χ2v) is 6.47. The molecule has 1 aromatic carbocycles. The first-order valence-corrected chi connectivity index (χ1v) is 8.95. The van der Waals surface area contributed by atoms with Gasteiger partial charge in [-0.1, -0.05) is 6.92 Å². The van der Waals surface area contributed by atoms with Gasteiger partial charge >= 0.3 is 5.97 Å². The minimum Gasteiger partial charge on any atom is -0.497 e. The molecule has 156 valence electrons. The van der Waals surface area contributed by atoms with E-state index in [1.165, 1.54) is 7.11 Å². The van der Waals surface area contributed by atoms with E-state index in [4.69, 9.17) is 9.47 Å². The number of aliphatic imine (C=N–C) groups is 1. The molecule has 28 heavy (non-hydrogen) atoms. The van der Waals surface area contributed by atoms with Gasteiger partial charge in [-0.05, 0) is 30.2 Å². The highest BCUT2D eigenvalue weighted by molar-refractivity contribution is 14.0. The fourth-order valence-electron chi connectivity index (χ4n) is 3.13. The number of carbonyl (C=O) groups excluding carboxylic acids is 2. The summed E-state index contributed by atoms with van der Waals surface area (Å²) < 4.78 is 9.95. The first-order chi connectivity index (χ1) is 13.0. The third-order valence-electron chi connectivity index (χ3n) is 4.67. The third-order valence-corrected chi connectivity index (χ3v) is 4.67. The van der Waals surface area contributed by atoms with Gasteiger partial charge in [0, 0.05) is 38.8 Å². The number of esters is 1. The number of amides is 1. The molecule has 1 amide bonds. The molecule has 1 aromatic rings. The van der Waals surface area contributed by atoms with Gasteiger partial charge in [-0.3, -0.25) is 14.6 Å². The lowest BCUT2D eigenvalue weighted by atomic mass is 9.99. The average molecular weight is 504 g/mol. The van der Waals surface area contributed by atoms with Crippen LogP contribution in [0, 0.1) is 11.8 Å². The molecule has 1 saturated heterocycles. The number of nitrogens with zero attached hydrogens (tertiary/aromatic N) is 2. The zero-order valence-corrected chi connectivity index (χ0v) is 19.1. The standard InChI is InChI=1S/C19H28N4O4.HI/c1-13-11-23(12-16(13)18(25)27-4)19(20-2)22-10-9-21-17(24)14-5-7-15(26-3)8-6-14;/h5-8,13,16H,9-12H2,1-4H3,(H,20,22)(H,21,24);1H. The van der Waals surface area contributed by atoms with Crippen molar-refractivity contribution in [2.24, 2.45) is 16.8 Å². The van der Waals surface area contributed by atoms with Crippen LogP contribution in [0.15, 0.2) is 29.3 Å². The second-order valence-electron chi connectivity index (χ2n) is 6.47. The van der Waals surface area contributed by atoms with Gasteiger partial charge in [-0.25, -0.2) is 0 Å². The largest absolute Gasteiger partial charge is 0.497 e. The first-order valence-electron chi connectivity index (χ1n) is 8.95. The van der Waals surface area contributed by atoms with Crippen LogP contribution < -0.4 is 15.4 Å². The van der Waals surface area contributed by atoms with Crippen LogP contribution >= 0.6 is 24.0 Å². The SMILES string of the molecule is CN=C(NCCNC(=O)c1ccc(OC)cc1)N1CC(C)C(C(=O)OC)C1.I. The summed E-state index contributed by atoms with van der Waals surface area (Å²) in [4.78, 5) is 30.3. The van der Waals surface area contributed by atoms with Gasteiger partial charge in [0.05, 0.1) is 20.1 Å². The number of nitrogens with one attached hydrogen (secondary N) is 2. The van der Waals surface area contributed by atoms with E-state index >= 15 is 0 Å². The van der Waals surface area contributed by atoms with Crippen molar-refractivity contribution >= 4 is 41.8 Å². The van der Waals surface area contributed by atoms with Crippen LogP contribution in [0.5, 0.6) is 5.75 Å². The maximum absolute atomic E-state index is 12.1. The predicted molar refractivity (Wildman–Crippen MR) is 118 cm³/mol. The van der Waals surface area contributed by atoms with E-state index in [0.29, 0.717) is 36.9 Å². The van der Waals surface area contributed by atoms with Crippen molar-refractivity contribution in [2.75, 3.05) is 47.4 Å². The molecular weight excluding hydrogens is 475 g/mol. The quantitative estimate of drug-likeness (QED) is 0.200. The molecule has 0 radical (unpaired) electrons. The summed E-state index contributed by atoms with van der Waals surface area (Å²) in [5.74, 6) is 1.14. The highest BCUT2D eigenvalue weighted by atomic mass is 127. The van der Waals surface area contributed by atoms with E-state index in [2.05, 4.69) is 15.6 Å². The highest BCUT2D eigenvalue weighted by Crippen LogP contribution is 2.23. The fraction of sp³-hybridized carbons (Fsp3) is 0.526. The fourth-order valence-corrected chi connectivity index (χ4v) is 3.13. The van der Waals surface area contributed by atoms with Crippen molar-refractivity contribution in [3.63, 3.8) is 0 Å². The summed E-state index contributed by atoms with van der Waals surface area (Å²) in [6, 6.07) is 6.95. The lowest BCUT2D eigenvalue weighted by Gasteiger charge is -2.21. The van der Waals surface area contributed by atoms with Gasteiger partial charge in [-0.15, -0.1) is 24.0 Å². The smallest absolute Gasteiger partial charge is 0.310 e. The van der Waals surface area contributed by atoms with E-state index in [1.807, 2.05) is 11.8 Å². The Morgan fingerprint density at radius 3 is 2.36 bits per heavy atom. The number of ether oxygens (including phenoxy) is 2. The lowest BCUT2D eigenvalue weighted by molar-refractivity contribution is -0.145. The Kier molecular flexibility index (Phi) is 10.0. The van der Waals surface area contributed by atoms with Gasteiger partial charge in [-0.2, -0.15) is 0 Å². The molecule has 0 aliphatic carbocycles. The van der Waals surface area contributed by atoms with E-state index in [1.54, 1.807) is 38.4 Å². The summed E-state index contributed by atoms with van der Waals surface area (Å²) in [5.41, 5.74) is 0.578. The molecule has 0 saturated carbocycles. The molecule has 0 bridgehead atoms.